The molecule has 2 aromatic rings. The number of carbonyl (C=O) groups is 1. The van der Waals surface area contributed by atoms with E-state index in [2.05, 4.69) is 4.98 Å². The average Bonchev–Trinajstić information content (AvgIpc) is 2.95. The number of benzene rings is 1. The Labute approximate surface area is 135 Å². The molecule has 0 aliphatic carbocycles. The molecule has 124 valence electrons. The number of para-hydroxylation sites is 1. The summed E-state index contributed by atoms with van der Waals surface area (Å²) in [5.74, 6) is -1.43. The number of fused-ring (bicyclic) bond motifs is 1. The van der Waals surface area contributed by atoms with Gasteiger partial charge in [-0.2, -0.15) is 0 Å². The SMILES string of the molecule is CCCCC(C(C(=O)OCC)c1c[nH]c2ccccc12)[N+](=O)[O-]. The van der Waals surface area contributed by atoms with Gasteiger partial charge in [-0.3, -0.25) is 14.9 Å². The van der Waals surface area contributed by atoms with Crippen molar-refractivity contribution >= 4 is 16.9 Å². The van der Waals surface area contributed by atoms with Crippen LogP contribution in [0.15, 0.2) is 30.5 Å². The molecule has 2 unspecified atom stereocenters. The van der Waals surface area contributed by atoms with Crippen LogP contribution in [0.5, 0.6) is 0 Å². The van der Waals surface area contributed by atoms with Crippen molar-refractivity contribution in [2.75, 3.05) is 6.61 Å². The molecule has 0 spiro atoms. The number of esters is 1. The second-order valence-corrected chi connectivity index (χ2v) is 5.51. The third kappa shape index (κ3) is 3.70. The van der Waals surface area contributed by atoms with Gasteiger partial charge in [0.25, 0.3) is 0 Å². The number of unbranched alkanes of at least 4 members (excludes halogenated alkanes) is 1. The van der Waals surface area contributed by atoms with Gasteiger partial charge in [-0.1, -0.05) is 31.5 Å². The monoisotopic (exact) mass is 318 g/mol. The molecule has 2 rings (SSSR count). The third-order valence-corrected chi connectivity index (χ3v) is 4.01. The van der Waals surface area contributed by atoms with Crippen LogP contribution in [0, 0.1) is 10.1 Å². The van der Waals surface area contributed by atoms with Crippen molar-refractivity contribution < 1.29 is 14.5 Å². The maximum Gasteiger partial charge on any atom is 0.320 e. The van der Waals surface area contributed by atoms with Crippen molar-refractivity contribution in [3.05, 3.63) is 46.1 Å². The Hall–Kier alpha value is -2.37. The predicted octanol–water partition coefficient (Wildman–Crippen LogP) is 3.65. The minimum atomic E-state index is -0.979. The number of aromatic nitrogens is 1. The smallest absolute Gasteiger partial charge is 0.320 e. The van der Waals surface area contributed by atoms with Gasteiger partial charge in [0.2, 0.25) is 6.04 Å². The van der Waals surface area contributed by atoms with Crippen molar-refractivity contribution in [1.82, 2.24) is 4.98 Å². The van der Waals surface area contributed by atoms with Crippen molar-refractivity contribution in [3.63, 3.8) is 0 Å². The first kappa shape index (κ1) is 17.0. The van der Waals surface area contributed by atoms with Crippen LogP contribution in [0.1, 0.15) is 44.6 Å². The van der Waals surface area contributed by atoms with Gasteiger partial charge < -0.3 is 9.72 Å². The summed E-state index contributed by atoms with van der Waals surface area (Å²) in [6.45, 7) is 3.88. The molecule has 6 heteroatoms. The summed E-state index contributed by atoms with van der Waals surface area (Å²) in [7, 11) is 0. The number of hydrogen-bond donors (Lipinski definition) is 1. The minimum absolute atomic E-state index is 0.204. The summed E-state index contributed by atoms with van der Waals surface area (Å²) in [5.41, 5.74) is 1.49. The van der Waals surface area contributed by atoms with Crippen molar-refractivity contribution in [2.24, 2.45) is 0 Å². The molecule has 2 atom stereocenters. The van der Waals surface area contributed by atoms with E-state index >= 15 is 0 Å². The summed E-state index contributed by atoms with van der Waals surface area (Å²) >= 11 is 0. The summed E-state index contributed by atoms with van der Waals surface area (Å²) in [5, 5.41) is 12.4. The van der Waals surface area contributed by atoms with E-state index in [1.807, 2.05) is 31.2 Å². The summed E-state index contributed by atoms with van der Waals surface area (Å²) in [4.78, 5) is 26.8. The topological polar surface area (TPSA) is 85.2 Å². The number of rotatable bonds is 8. The molecule has 23 heavy (non-hydrogen) atoms. The van der Waals surface area contributed by atoms with E-state index in [0.717, 1.165) is 17.3 Å². The zero-order chi connectivity index (χ0) is 16.8. The maximum absolute atomic E-state index is 12.5. The van der Waals surface area contributed by atoms with E-state index in [9.17, 15) is 14.9 Å². The van der Waals surface area contributed by atoms with Crippen LogP contribution < -0.4 is 0 Å². The lowest BCUT2D eigenvalue weighted by molar-refractivity contribution is -0.526. The second kappa shape index (κ2) is 7.76. The fraction of sp³-hybridized carbons (Fsp3) is 0.471. The molecule has 0 fully saturated rings. The molecule has 6 nitrogen and oxygen atoms in total. The van der Waals surface area contributed by atoms with Gasteiger partial charge in [-0.15, -0.1) is 0 Å². The number of nitrogens with one attached hydrogen (secondary N) is 1. The van der Waals surface area contributed by atoms with Crippen LogP contribution in [0.4, 0.5) is 0 Å². The molecular formula is C17H22N2O4. The van der Waals surface area contributed by atoms with Crippen molar-refractivity contribution in [2.45, 2.75) is 45.1 Å². The molecule has 1 N–H and O–H groups in total. The molecule has 0 radical (unpaired) electrons. The lowest BCUT2D eigenvalue weighted by atomic mass is 9.88. The summed E-state index contributed by atoms with van der Waals surface area (Å²) < 4.78 is 5.13. The summed E-state index contributed by atoms with van der Waals surface area (Å²) in [6.07, 6.45) is 3.58. The molecular weight excluding hydrogens is 296 g/mol. The van der Waals surface area contributed by atoms with Crippen LogP contribution >= 0.6 is 0 Å². The Morgan fingerprint density at radius 2 is 2.09 bits per heavy atom. The quantitative estimate of drug-likeness (QED) is 0.457. The molecule has 0 aliphatic heterocycles. The van der Waals surface area contributed by atoms with Crippen molar-refractivity contribution in [3.8, 4) is 0 Å². The Morgan fingerprint density at radius 3 is 2.74 bits per heavy atom. The van der Waals surface area contributed by atoms with E-state index in [0.29, 0.717) is 18.4 Å². The second-order valence-electron chi connectivity index (χ2n) is 5.51. The van der Waals surface area contributed by atoms with Crippen molar-refractivity contribution in [1.29, 1.82) is 0 Å². The first-order valence-corrected chi connectivity index (χ1v) is 7.96. The lowest BCUT2D eigenvalue weighted by Crippen LogP contribution is -2.34. The number of nitro groups is 1. The molecule has 0 saturated carbocycles. The van der Waals surface area contributed by atoms with Gasteiger partial charge >= 0.3 is 5.97 Å². The molecule has 0 saturated heterocycles. The Bertz CT molecular complexity index is 680. The first-order chi connectivity index (χ1) is 11.1. The van der Waals surface area contributed by atoms with Crippen LogP contribution in [-0.4, -0.2) is 28.5 Å². The van der Waals surface area contributed by atoms with E-state index < -0.39 is 17.9 Å². The molecule has 1 aromatic heterocycles. The van der Waals surface area contributed by atoms with Crippen LogP contribution in [0.3, 0.4) is 0 Å². The van der Waals surface area contributed by atoms with Gasteiger partial charge in [0, 0.05) is 28.4 Å². The van der Waals surface area contributed by atoms with Gasteiger partial charge in [0.05, 0.1) is 6.61 Å². The van der Waals surface area contributed by atoms with Crippen LogP contribution in [0.25, 0.3) is 10.9 Å². The molecule has 0 amide bonds. The fourth-order valence-electron chi connectivity index (χ4n) is 2.88. The number of hydrogen-bond acceptors (Lipinski definition) is 4. The first-order valence-electron chi connectivity index (χ1n) is 7.96. The van der Waals surface area contributed by atoms with E-state index in [1.165, 1.54) is 0 Å². The highest BCUT2D eigenvalue weighted by atomic mass is 16.6. The normalized spacial score (nSPS) is 13.7. The highest BCUT2D eigenvalue weighted by Crippen LogP contribution is 2.32. The Balaban J connectivity index is 2.48. The highest BCUT2D eigenvalue weighted by Gasteiger charge is 2.40. The molecule has 0 bridgehead atoms. The van der Waals surface area contributed by atoms with E-state index in [4.69, 9.17) is 4.74 Å². The molecule has 1 aromatic carbocycles. The minimum Gasteiger partial charge on any atom is -0.465 e. The molecule has 0 aliphatic rings. The zero-order valence-electron chi connectivity index (χ0n) is 13.5. The number of nitrogens with zero attached hydrogens (tertiary/aromatic N) is 1. The van der Waals surface area contributed by atoms with Gasteiger partial charge in [-0.05, 0) is 25.0 Å². The standard InChI is InChI=1S/C17H22N2O4/c1-3-5-10-15(19(21)22)16(17(20)23-4-2)13-11-18-14-9-7-6-8-12(13)14/h6-9,11,15-16,18H,3-5,10H2,1-2H3. The van der Waals surface area contributed by atoms with E-state index in [1.54, 1.807) is 13.1 Å². The third-order valence-electron chi connectivity index (χ3n) is 4.01. The Kier molecular flexibility index (Phi) is 5.73. The fourth-order valence-corrected chi connectivity index (χ4v) is 2.88. The van der Waals surface area contributed by atoms with Crippen LogP contribution in [0.2, 0.25) is 0 Å². The van der Waals surface area contributed by atoms with Gasteiger partial charge in [0.1, 0.15) is 0 Å². The largest absolute Gasteiger partial charge is 0.465 e. The maximum atomic E-state index is 12.5. The number of aromatic amines is 1. The summed E-state index contributed by atoms with van der Waals surface area (Å²) in [6, 6.07) is 6.51. The average molecular weight is 318 g/mol. The Morgan fingerprint density at radius 1 is 1.35 bits per heavy atom. The predicted molar refractivity (Wildman–Crippen MR) is 88.0 cm³/mol. The number of H-pyrrole nitrogens is 1. The van der Waals surface area contributed by atoms with Gasteiger partial charge in [-0.25, -0.2) is 0 Å². The number of ether oxygens (including phenoxy) is 1. The van der Waals surface area contributed by atoms with E-state index in [-0.39, 0.29) is 11.5 Å². The van der Waals surface area contributed by atoms with Crippen LogP contribution in [-0.2, 0) is 9.53 Å². The van der Waals surface area contributed by atoms with Gasteiger partial charge in [0.15, 0.2) is 5.92 Å². The lowest BCUT2D eigenvalue weighted by Gasteiger charge is -2.19. The number of carbonyl (C=O) groups excluding carboxylic acids is 1. The zero-order valence-corrected chi connectivity index (χ0v) is 13.5. The highest BCUT2D eigenvalue weighted by molar-refractivity contribution is 5.90. The molecule has 1 heterocycles.